The molecule has 0 saturated heterocycles. The van der Waals surface area contributed by atoms with Gasteiger partial charge in [0.15, 0.2) is 0 Å². The summed E-state index contributed by atoms with van der Waals surface area (Å²) in [5.41, 5.74) is 0.717. The Kier molecular flexibility index (Phi) is 8.03. The fraction of sp³-hybridized carbons (Fsp3) is 0.462. The maximum Gasteiger partial charge on any atom is 0.307 e. The second-order valence-corrected chi connectivity index (χ2v) is 5.25. The van der Waals surface area contributed by atoms with Crippen LogP contribution in [0.2, 0.25) is 0 Å². The molecule has 0 spiro atoms. The van der Waals surface area contributed by atoms with Crippen LogP contribution in [0.4, 0.5) is 0 Å². The number of rotatable bonds is 7. The Hall–Kier alpha value is -1.36. The molecule has 0 amide bonds. The molecule has 0 heterocycles. The van der Waals surface area contributed by atoms with Gasteiger partial charge in [-0.25, -0.2) is 0 Å². The highest BCUT2D eigenvalue weighted by molar-refractivity contribution is 7.84. The minimum absolute atomic E-state index is 0. The van der Waals surface area contributed by atoms with Gasteiger partial charge in [0.25, 0.3) is 0 Å². The summed E-state index contributed by atoms with van der Waals surface area (Å²) < 4.78 is 16.3. The normalized spacial score (nSPS) is 11.4. The number of hydrogen-bond donors (Lipinski definition) is 1. The van der Waals surface area contributed by atoms with Crippen LogP contribution < -0.4 is 4.74 Å². The number of carbonyl (C=O) groups is 1. The molecule has 0 bridgehead atoms. The first-order chi connectivity index (χ1) is 8.08. The second kappa shape index (κ2) is 8.69. The third-order valence-corrected chi connectivity index (χ3v) is 2.96. The fourth-order valence-corrected chi connectivity index (χ4v) is 1.90. The van der Waals surface area contributed by atoms with Crippen molar-refractivity contribution in [2.45, 2.75) is 20.3 Å². The zero-order valence-electron chi connectivity index (χ0n) is 9.72. The molecule has 0 aromatic heterocycles. The van der Waals surface area contributed by atoms with Crippen LogP contribution in [0.5, 0.6) is 5.75 Å². The van der Waals surface area contributed by atoms with Crippen LogP contribution in [-0.4, -0.2) is 33.9 Å². The molecule has 18 heavy (non-hydrogen) atoms. The third kappa shape index (κ3) is 7.06. The Labute approximate surface area is 110 Å². The van der Waals surface area contributed by atoms with Gasteiger partial charge < -0.3 is 9.84 Å². The molecule has 0 radical (unpaired) electrons. The molecule has 0 saturated carbocycles. The molecule has 1 atom stereocenters. The molecule has 0 aliphatic heterocycles. The van der Waals surface area contributed by atoms with E-state index in [9.17, 15) is 9.00 Å². The van der Waals surface area contributed by atoms with Crippen LogP contribution in [0.25, 0.3) is 0 Å². The van der Waals surface area contributed by atoms with Gasteiger partial charge >= 0.3 is 5.97 Å². The number of carboxylic acids is 1. The summed E-state index contributed by atoms with van der Waals surface area (Å²) in [6, 6.07) is 7.03. The van der Waals surface area contributed by atoms with E-state index in [1.54, 1.807) is 30.5 Å². The molecule has 1 N–H and O–H groups in total. The predicted molar refractivity (Wildman–Crippen MR) is 73.6 cm³/mol. The van der Waals surface area contributed by atoms with Gasteiger partial charge in [0.1, 0.15) is 5.75 Å². The van der Waals surface area contributed by atoms with Crippen molar-refractivity contribution in [3.63, 3.8) is 0 Å². The summed E-state index contributed by atoms with van der Waals surface area (Å²) in [4.78, 5) is 10.5. The Balaban J connectivity index is 0.00000289. The minimum atomic E-state index is -0.858. The molecular formula is C13H20O4S. The fourth-order valence-electron chi connectivity index (χ4n) is 1.37. The molecule has 4 nitrogen and oxygen atoms in total. The highest BCUT2D eigenvalue weighted by Crippen LogP contribution is 2.14. The van der Waals surface area contributed by atoms with Gasteiger partial charge in [0, 0.05) is 22.8 Å². The maximum absolute atomic E-state index is 10.8. The van der Waals surface area contributed by atoms with Crippen molar-refractivity contribution in [2.24, 2.45) is 0 Å². The molecule has 0 aliphatic rings. The quantitative estimate of drug-likeness (QED) is 0.772. The lowest BCUT2D eigenvalue weighted by Crippen LogP contribution is -2.04. The topological polar surface area (TPSA) is 63.6 Å². The lowest BCUT2D eigenvalue weighted by atomic mass is 10.1. The van der Waals surface area contributed by atoms with E-state index in [2.05, 4.69) is 0 Å². The monoisotopic (exact) mass is 272 g/mol. The highest BCUT2D eigenvalue weighted by atomic mass is 32.2. The molecule has 5 heteroatoms. The van der Waals surface area contributed by atoms with Gasteiger partial charge in [0.2, 0.25) is 0 Å². The van der Waals surface area contributed by atoms with Crippen molar-refractivity contribution in [3.8, 4) is 5.75 Å². The zero-order chi connectivity index (χ0) is 12.7. The summed E-state index contributed by atoms with van der Waals surface area (Å²) in [5, 5.41) is 8.66. The highest BCUT2D eigenvalue weighted by Gasteiger charge is 2.02. The molecule has 0 fully saturated rings. The summed E-state index contributed by atoms with van der Waals surface area (Å²) in [7, 11) is -0.793. The van der Waals surface area contributed by atoms with Crippen molar-refractivity contribution in [1.29, 1.82) is 0 Å². The van der Waals surface area contributed by atoms with Gasteiger partial charge in [-0.15, -0.1) is 0 Å². The van der Waals surface area contributed by atoms with Gasteiger partial charge in [-0.05, 0) is 24.1 Å². The molecule has 102 valence electrons. The van der Waals surface area contributed by atoms with Crippen molar-refractivity contribution in [1.82, 2.24) is 0 Å². The van der Waals surface area contributed by atoms with Gasteiger partial charge in [0.05, 0.1) is 13.0 Å². The average molecular weight is 272 g/mol. The number of ether oxygens (including phenoxy) is 1. The molecule has 1 unspecified atom stereocenters. The van der Waals surface area contributed by atoms with E-state index in [1.165, 1.54) is 0 Å². The summed E-state index contributed by atoms with van der Waals surface area (Å²) >= 11 is 0. The summed E-state index contributed by atoms with van der Waals surface area (Å²) in [5.74, 6) is 0.420. The summed E-state index contributed by atoms with van der Waals surface area (Å²) in [6.07, 6.45) is 2.38. The first-order valence-electron chi connectivity index (χ1n) is 5.31. The lowest BCUT2D eigenvalue weighted by molar-refractivity contribution is -0.136. The second-order valence-electron chi connectivity index (χ2n) is 3.70. The van der Waals surface area contributed by atoms with E-state index < -0.39 is 16.8 Å². The van der Waals surface area contributed by atoms with E-state index in [0.29, 0.717) is 23.7 Å². The largest absolute Gasteiger partial charge is 0.494 e. The van der Waals surface area contributed by atoms with Crippen molar-refractivity contribution in [2.75, 3.05) is 18.6 Å². The smallest absolute Gasteiger partial charge is 0.307 e. The van der Waals surface area contributed by atoms with Gasteiger partial charge in [-0.1, -0.05) is 19.6 Å². The molecule has 1 aromatic rings. The molecule has 1 aromatic carbocycles. The Morgan fingerprint density at radius 1 is 1.44 bits per heavy atom. The van der Waals surface area contributed by atoms with E-state index in [4.69, 9.17) is 9.84 Å². The Morgan fingerprint density at radius 2 is 2.17 bits per heavy atom. The molecular weight excluding hydrogens is 252 g/mol. The van der Waals surface area contributed by atoms with Crippen LogP contribution in [0.1, 0.15) is 19.4 Å². The van der Waals surface area contributed by atoms with Crippen molar-refractivity contribution >= 4 is 16.8 Å². The van der Waals surface area contributed by atoms with Gasteiger partial charge in [-0.2, -0.15) is 0 Å². The predicted octanol–water partition coefficient (Wildman–Crippen LogP) is 2.10. The van der Waals surface area contributed by atoms with Crippen LogP contribution >= 0.6 is 0 Å². The maximum atomic E-state index is 10.8. The van der Waals surface area contributed by atoms with E-state index in [-0.39, 0.29) is 13.8 Å². The van der Waals surface area contributed by atoms with Gasteiger partial charge in [-0.3, -0.25) is 9.00 Å². The number of benzene rings is 1. The van der Waals surface area contributed by atoms with Crippen molar-refractivity contribution < 1.29 is 18.8 Å². The average Bonchev–Trinajstić information content (AvgIpc) is 2.24. The number of aliphatic carboxylic acids is 1. The van der Waals surface area contributed by atoms with Crippen molar-refractivity contribution in [3.05, 3.63) is 29.8 Å². The van der Waals surface area contributed by atoms with Crippen LogP contribution in [0.15, 0.2) is 24.3 Å². The van der Waals surface area contributed by atoms with Crippen LogP contribution in [0, 0.1) is 0 Å². The molecule has 1 rings (SSSR count). The SMILES string of the molecule is C.CS(=O)CCCOc1cccc(CC(=O)O)c1. The summed E-state index contributed by atoms with van der Waals surface area (Å²) in [6.45, 7) is 0.496. The van der Waals surface area contributed by atoms with E-state index >= 15 is 0 Å². The minimum Gasteiger partial charge on any atom is -0.494 e. The van der Waals surface area contributed by atoms with Crippen LogP contribution in [-0.2, 0) is 22.0 Å². The third-order valence-electron chi connectivity index (χ3n) is 2.10. The molecule has 0 aliphatic carbocycles. The zero-order valence-corrected chi connectivity index (χ0v) is 10.5. The Bertz CT molecular complexity index is 404. The number of carboxylic acid groups (broad SMARTS) is 1. The van der Waals surface area contributed by atoms with Crippen LogP contribution in [0.3, 0.4) is 0 Å². The standard InChI is InChI=1S/C12H16O4S.CH4/c1-17(15)7-3-6-16-11-5-2-4-10(8-11)9-12(13)14;/h2,4-5,8H,3,6-7,9H2,1H3,(H,13,14);1H4. The van der Waals surface area contributed by atoms with E-state index in [0.717, 1.165) is 6.42 Å². The first kappa shape index (κ1) is 16.6. The Morgan fingerprint density at radius 3 is 2.78 bits per heavy atom. The first-order valence-corrected chi connectivity index (χ1v) is 7.04. The lowest BCUT2D eigenvalue weighted by Gasteiger charge is -2.06. The van der Waals surface area contributed by atoms with E-state index in [1.807, 2.05) is 0 Å². The number of hydrogen-bond acceptors (Lipinski definition) is 3.